The van der Waals surface area contributed by atoms with E-state index in [2.05, 4.69) is 10.6 Å². The van der Waals surface area contributed by atoms with Crippen molar-refractivity contribution < 1.29 is 22.8 Å². The van der Waals surface area contributed by atoms with Crippen molar-refractivity contribution in [2.45, 2.75) is 50.5 Å². The smallest absolute Gasteiger partial charge is 0.243 e. The fraction of sp³-hybridized carbons (Fsp3) is 0.423. The number of nitrogens with one attached hydrogen (secondary N) is 2. The fourth-order valence-electron chi connectivity index (χ4n) is 4.24. The zero-order chi connectivity index (χ0) is 25.2. The summed E-state index contributed by atoms with van der Waals surface area (Å²) in [6.07, 6.45) is 2.75. The third-order valence-corrected chi connectivity index (χ3v) is 8.58. The van der Waals surface area contributed by atoms with Crippen LogP contribution in [0.15, 0.2) is 53.4 Å². The van der Waals surface area contributed by atoms with Crippen LogP contribution in [0.2, 0.25) is 0 Å². The van der Waals surface area contributed by atoms with Gasteiger partial charge in [-0.15, -0.1) is 0 Å². The molecule has 1 saturated heterocycles. The Hall–Kier alpha value is -3.04. The van der Waals surface area contributed by atoms with Gasteiger partial charge in [0.2, 0.25) is 21.8 Å². The lowest BCUT2D eigenvalue weighted by Crippen LogP contribution is -2.43. The Balaban J connectivity index is 1.30. The van der Waals surface area contributed by atoms with Gasteiger partial charge in [-0.2, -0.15) is 4.31 Å². The summed E-state index contributed by atoms with van der Waals surface area (Å²) >= 11 is 0. The van der Waals surface area contributed by atoms with Crippen molar-refractivity contribution in [3.63, 3.8) is 0 Å². The van der Waals surface area contributed by atoms with E-state index in [0.717, 1.165) is 24.1 Å². The molecule has 1 heterocycles. The molecule has 1 unspecified atom stereocenters. The second-order valence-corrected chi connectivity index (χ2v) is 11.3. The number of carbonyl (C=O) groups is 3. The van der Waals surface area contributed by atoms with Crippen LogP contribution < -0.4 is 10.6 Å². The summed E-state index contributed by atoms with van der Waals surface area (Å²) in [4.78, 5) is 36.5. The van der Waals surface area contributed by atoms with Crippen LogP contribution in [0, 0.1) is 11.8 Å². The van der Waals surface area contributed by atoms with Gasteiger partial charge in [0.05, 0.1) is 10.9 Å². The van der Waals surface area contributed by atoms with Crippen LogP contribution in [0.4, 0.5) is 5.69 Å². The number of carbonyl (C=O) groups excluding carboxylic acids is 3. The molecule has 2 aliphatic rings. The molecule has 0 spiro atoms. The van der Waals surface area contributed by atoms with Crippen molar-refractivity contribution in [2.75, 3.05) is 18.4 Å². The van der Waals surface area contributed by atoms with E-state index < -0.39 is 10.0 Å². The third kappa shape index (κ3) is 5.97. The van der Waals surface area contributed by atoms with E-state index in [1.165, 1.54) is 23.4 Å². The van der Waals surface area contributed by atoms with Crippen LogP contribution in [-0.2, 0) is 19.6 Å². The molecule has 2 aromatic rings. The van der Waals surface area contributed by atoms with Crippen LogP contribution >= 0.6 is 0 Å². The zero-order valence-corrected chi connectivity index (χ0v) is 20.8. The van der Waals surface area contributed by atoms with Crippen LogP contribution in [-0.4, -0.2) is 43.4 Å². The maximum absolute atomic E-state index is 13.0. The molecule has 0 aromatic heterocycles. The van der Waals surface area contributed by atoms with Crippen molar-refractivity contribution >= 4 is 33.3 Å². The van der Waals surface area contributed by atoms with E-state index in [0.29, 0.717) is 18.4 Å². The molecule has 4 rings (SSSR count). The van der Waals surface area contributed by atoms with Gasteiger partial charge < -0.3 is 10.6 Å². The monoisotopic (exact) mass is 497 g/mol. The fourth-order valence-corrected chi connectivity index (χ4v) is 5.76. The summed E-state index contributed by atoms with van der Waals surface area (Å²) < 4.78 is 27.4. The predicted molar refractivity (Wildman–Crippen MR) is 132 cm³/mol. The molecular weight excluding hydrogens is 466 g/mol. The van der Waals surface area contributed by atoms with Crippen molar-refractivity contribution in [1.29, 1.82) is 0 Å². The van der Waals surface area contributed by atoms with Crippen molar-refractivity contribution in [3.05, 3.63) is 59.7 Å². The van der Waals surface area contributed by atoms with E-state index in [1.807, 2.05) is 31.2 Å². The molecule has 1 aliphatic heterocycles. The molecule has 2 amide bonds. The Labute approximate surface area is 206 Å². The number of Topliss-reactive ketones (excluding diaryl/α,β-unsaturated/α-hetero) is 1. The highest BCUT2D eigenvalue weighted by Crippen LogP contribution is 2.30. The lowest BCUT2D eigenvalue weighted by Gasteiger charge is -2.31. The van der Waals surface area contributed by atoms with Gasteiger partial charge in [0.1, 0.15) is 0 Å². The Bertz CT molecular complexity index is 1210. The Morgan fingerprint density at radius 2 is 1.54 bits per heavy atom. The van der Waals surface area contributed by atoms with Gasteiger partial charge in [-0.1, -0.05) is 24.3 Å². The maximum atomic E-state index is 13.0. The molecule has 2 fully saturated rings. The third-order valence-electron chi connectivity index (χ3n) is 6.69. The van der Waals surface area contributed by atoms with Crippen LogP contribution in [0.25, 0.3) is 0 Å². The van der Waals surface area contributed by atoms with E-state index in [9.17, 15) is 22.8 Å². The summed E-state index contributed by atoms with van der Waals surface area (Å²) in [6.45, 7) is 3.79. The zero-order valence-electron chi connectivity index (χ0n) is 20.0. The van der Waals surface area contributed by atoms with Gasteiger partial charge in [-0.3, -0.25) is 14.4 Å². The minimum absolute atomic E-state index is 0.0546. The number of amides is 2. The number of rotatable bonds is 8. The quantitative estimate of drug-likeness (QED) is 0.542. The molecule has 2 aromatic carbocycles. The highest BCUT2D eigenvalue weighted by atomic mass is 32.2. The van der Waals surface area contributed by atoms with Crippen LogP contribution in [0.5, 0.6) is 0 Å². The number of hydrogen-bond acceptors (Lipinski definition) is 5. The normalized spacial score (nSPS) is 18.0. The average molecular weight is 498 g/mol. The molecular formula is C26H31N3O5S. The lowest BCUT2D eigenvalue weighted by molar-refractivity contribution is -0.126. The first-order valence-corrected chi connectivity index (χ1v) is 13.4. The van der Waals surface area contributed by atoms with Crippen molar-refractivity contribution in [1.82, 2.24) is 9.62 Å². The minimum atomic E-state index is -3.73. The van der Waals surface area contributed by atoms with Gasteiger partial charge in [-0.25, -0.2) is 8.42 Å². The summed E-state index contributed by atoms with van der Waals surface area (Å²) in [5.74, 6) is -0.369. The number of benzene rings is 2. The molecule has 35 heavy (non-hydrogen) atoms. The molecule has 8 nitrogen and oxygen atoms in total. The highest BCUT2D eigenvalue weighted by molar-refractivity contribution is 7.89. The van der Waals surface area contributed by atoms with Crippen LogP contribution in [0.3, 0.4) is 0 Å². The molecule has 1 saturated carbocycles. The minimum Gasteiger partial charge on any atom is -0.349 e. The summed E-state index contributed by atoms with van der Waals surface area (Å²) in [5, 5.41) is 5.93. The first-order chi connectivity index (χ1) is 16.6. The summed E-state index contributed by atoms with van der Waals surface area (Å²) in [6, 6.07) is 13.3. The van der Waals surface area contributed by atoms with E-state index >= 15 is 0 Å². The largest absolute Gasteiger partial charge is 0.349 e. The van der Waals surface area contributed by atoms with Gasteiger partial charge >= 0.3 is 0 Å². The number of piperidine rings is 1. The number of anilines is 1. The standard InChI is InChI=1S/C26H31N3O5S/c1-17(19-8-10-23(11-9-19)28-26(32)20-6-7-20)27-25(31)21-12-14-29(15-13-21)35(33,34)24-5-3-4-22(16-24)18(2)30/h3-5,8-11,16-17,20-21H,6-7,12-15H2,1-2H3,(H,27,31)(H,28,32). The lowest BCUT2D eigenvalue weighted by atomic mass is 9.96. The van der Waals surface area contributed by atoms with E-state index in [4.69, 9.17) is 0 Å². The summed E-state index contributed by atoms with van der Waals surface area (Å²) in [7, 11) is -3.73. The Kier molecular flexibility index (Phi) is 7.37. The molecule has 1 atom stereocenters. The molecule has 0 radical (unpaired) electrons. The molecule has 186 valence electrons. The Morgan fingerprint density at radius 3 is 2.14 bits per heavy atom. The molecule has 9 heteroatoms. The van der Waals surface area contributed by atoms with Crippen molar-refractivity contribution in [2.24, 2.45) is 11.8 Å². The number of sulfonamides is 1. The highest BCUT2D eigenvalue weighted by Gasteiger charge is 2.33. The molecule has 2 N–H and O–H groups in total. The number of nitrogens with zero attached hydrogens (tertiary/aromatic N) is 1. The maximum Gasteiger partial charge on any atom is 0.243 e. The second-order valence-electron chi connectivity index (χ2n) is 9.38. The van der Waals surface area contributed by atoms with E-state index in [1.54, 1.807) is 12.1 Å². The van der Waals surface area contributed by atoms with Gasteiger partial charge in [0, 0.05) is 36.2 Å². The SMILES string of the molecule is CC(=O)c1cccc(S(=O)(=O)N2CCC(C(=O)NC(C)c3ccc(NC(=O)C4CC4)cc3)CC2)c1. The second kappa shape index (κ2) is 10.3. The van der Waals surface area contributed by atoms with Gasteiger partial charge in [0.25, 0.3) is 0 Å². The molecule has 1 aliphatic carbocycles. The number of ketones is 1. The number of hydrogen-bond donors (Lipinski definition) is 2. The summed E-state index contributed by atoms with van der Waals surface area (Å²) in [5.41, 5.74) is 2.02. The van der Waals surface area contributed by atoms with Gasteiger partial charge in [0.15, 0.2) is 5.78 Å². The topological polar surface area (TPSA) is 113 Å². The predicted octanol–water partition coefficient (Wildman–Crippen LogP) is 3.52. The average Bonchev–Trinajstić information content (AvgIpc) is 3.70. The van der Waals surface area contributed by atoms with Crippen LogP contribution in [0.1, 0.15) is 61.5 Å². The molecule has 0 bridgehead atoms. The van der Waals surface area contributed by atoms with E-state index in [-0.39, 0.29) is 53.5 Å². The van der Waals surface area contributed by atoms with Crippen molar-refractivity contribution in [3.8, 4) is 0 Å². The first-order valence-electron chi connectivity index (χ1n) is 12.0. The van der Waals surface area contributed by atoms with Gasteiger partial charge in [-0.05, 0) is 69.4 Å². The Morgan fingerprint density at radius 1 is 0.914 bits per heavy atom. The first kappa shape index (κ1) is 25.1.